The lowest BCUT2D eigenvalue weighted by Gasteiger charge is -2.12. The molecule has 0 spiro atoms. The van der Waals surface area contributed by atoms with Crippen molar-refractivity contribution in [3.8, 4) is 5.75 Å². The minimum atomic E-state index is -0.385. The fraction of sp³-hybridized carbons (Fsp3) is 0.476. The predicted molar refractivity (Wildman–Crippen MR) is 109 cm³/mol. The minimum Gasteiger partial charge on any atom is -0.493 e. The van der Waals surface area contributed by atoms with Crippen molar-refractivity contribution in [2.75, 3.05) is 13.2 Å². The fourth-order valence-electron chi connectivity index (χ4n) is 3.15. The van der Waals surface area contributed by atoms with Gasteiger partial charge in [-0.25, -0.2) is 4.79 Å². The van der Waals surface area contributed by atoms with E-state index in [0.717, 1.165) is 37.0 Å². The van der Waals surface area contributed by atoms with E-state index in [9.17, 15) is 9.59 Å². The van der Waals surface area contributed by atoms with E-state index in [-0.39, 0.29) is 17.9 Å². The molecule has 30 heavy (non-hydrogen) atoms. The van der Waals surface area contributed by atoms with Crippen LogP contribution in [0, 0.1) is 0 Å². The summed E-state index contributed by atoms with van der Waals surface area (Å²) in [6.45, 7) is 4.63. The van der Waals surface area contributed by atoms with Crippen molar-refractivity contribution in [1.29, 1.82) is 0 Å². The van der Waals surface area contributed by atoms with Gasteiger partial charge >= 0.3 is 5.97 Å². The summed E-state index contributed by atoms with van der Waals surface area (Å²) in [5.74, 6) is 0.944. The van der Waals surface area contributed by atoms with E-state index in [0.29, 0.717) is 36.4 Å². The highest BCUT2D eigenvalue weighted by atomic mass is 16.5. The SMILES string of the molecule is CCCc1c(OCCCCc2nnn(CC(=O)OCC)n2)ccc2c(=O)ccoc12. The molecule has 2 aromatic heterocycles. The summed E-state index contributed by atoms with van der Waals surface area (Å²) in [7, 11) is 0. The van der Waals surface area contributed by atoms with Crippen LogP contribution in [0.1, 0.15) is 44.5 Å². The van der Waals surface area contributed by atoms with Crippen LogP contribution in [0.3, 0.4) is 0 Å². The highest BCUT2D eigenvalue weighted by Crippen LogP contribution is 2.28. The first-order valence-corrected chi connectivity index (χ1v) is 10.2. The Morgan fingerprint density at radius 1 is 1.17 bits per heavy atom. The van der Waals surface area contributed by atoms with Gasteiger partial charge in [-0.2, -0.15) is 4.80 Å². The summed E-state index contributed by atoms with van der Waals surface area (Å²) < 4.78 is 16.4. The maximum absolute atomic E-state index is 12.0. The second-order valence-corrected chi connectivity index (χ2v) is 6.80. The molecule has 0 bridgehead atoms. The minimum absolute atomic E-state index is 0.0394. The largest absolute Gasteiger partial charge is 0.493 e. The molecule has 0 aliphatic rings. The lowest BCUT2D eigenvalue weighted by molar-refractivity contribution is -0.144. The molecule has 160 valence electrons. The number of carbonyl (C=O) groups is 1. The van der Waals surface area contributed by atoms with Crippen LogP contribution >= 0.6 is 0 Å². The van der Waals surface area contributed by atoms with Crippen LogP contribution in [0.2, 0.25) is 0 Å². The Hall–Kier alpha value is -3.23. The topological polar surface area (TPSA) is 109 Å². The molecule has 9 heteroatoms. The number of rotatable bonds is 11. The Morgan fingerprint density at radius 3 is 2.83 bits per heavy atom. The number of aryl methyl sites for hydroxylation is 2. The third-order valence-electron chi connectivity index (χ3n) is 4.51. The monoisotopic (exact) mass is 414 g/mol. The van der Waals surface area contributed by atoms with Gasteiger partial charge in [-0.05, 0) is 43.5 Å². The molecule has 9 nitrogen and oxygen atoms in total. The fourth-order valence-corrected chi connectivity index (χ4v) is 3.15. The Labute approximate surface area is 174 Å². The molecule has 0 aliphatic carbocycles. The number of hydrogen-bond donors (Lipinski definition) is 0. The van der Waals surface area contributed by atoms with Crippen LogP contribution < -0.4 is 10.2 Å². The van der Waals surface area contributed by atoms with Gasteiger partial charge in [0.05, 0.1) is 24.9 Å². The third kappa shape index (κ3) is 5.43. The van der Waals surface area contributed by atoms with Crippen molar-refractivity contribution in [2.24, 2.45) is 0 Å². The number of nitrogens with zero attached hydrogens (tertiary/aromatic N) is 4. The molecule has 0 saturated carbocycles. The number of unbranched alkanes of at least 4 members (excludes halogenated alkanes) is 1. The molecule has 0 radical (unpaired) electrons. The molecule has 0 N–H and O–H groups in total. The van der Waals surface area contributed by atoms with E-state index >= 15 is 0 Å². The van der Waals surface area contributed by atoms with E-state index in [4.69, 9.17) is 13.9 Å². The molecular weight excluding hydrogens is 388 g/mol. The number of aromatic nitrogens is 4. The first-order chi connectivity index (χ1) is 14.6. The van der Waals surface area contributed by atoms with Gasteiger partial charge in [-0.3, -0.25) is 4.79 Å². The Kier molecular flexibility index (Phi) is 7.53. The predicted octanol–water partition coefficient (Wildman–Crippen LogP) is 2.70. The van der Waals surface area contributed by atoms with Gasteiger partial charge in [0.2, 0.25) is 0 Å². The van der Waals surface area contributed by atoms with Gasteiger partial charge in [-0.15, -0.1) is 10.2 Å². The highest BCUT2D eigenvalue weighted by molar-refractivity contribution is 5.82. The zero-order valence-corrected chi connectivity index (χ0v) is 17.3. The van der Waals surface area contributed by atoms with Gasteiger partial charge in [0, 0.05) is 18.1 Å². The van der Waals surface area contributed by atoms with E-state index in [2.05, 4.69) is 22.3 Å². The number of benzene rings is 1. The highest BCUT2D eigenvalue weighted by Gasteiger charge is 2.13. The molecule has 3 rings (SSSR count). The Bertz CT molecular complexity index is 1040. The van der Waals surface area contributed by atoms with Gasteiger partial charge in [0.15, 0.2) is 17.8 Å². The summed E-state index contributed by atoms with van der Waals surface area (Å²) in [5.41, 5.74) is 1.48. The van der Waals surface area contributed by atoms with Crippen molar-refractivity contribution in [1.82, 2.24) is 20.2 Å². The van der Waals surface area contributed by atoms with Crippen molar-refractivity contribution in [2.45, 2.75) is 52.5 Å². The molecule has 0 atom stereocenters. The number of ether oxygens (including phenoxy) is 2. The lowest BCUT2D eigenvalue weighted by Crippen LogP contribution is -2.15. The summed E-state index contributed by atoms with van der Waals surface area (Å²) >= 11 is 0. The number of esters is 1. The van der Waals surface area contributed by atoms with Crippen LogP contribution in [0.15, 0.2) is 33.7 Å². The normalized spacial score (nSPS) is 11.0. The van der Waals surface area contributed by atoms with E-state index in [1.165, 1.54) is 17.1 Å². The smallest absolute Gasteiger partial charge is 0.329 e. The lowest BCUT2D eigenvalue weighted by atomic mass is 10.1. The molecule has 0 aliphatic heterocycles. The zero-order chi connectivity index (χ0) is 21.3. The van der Waals surface area contributed by atoms with Crippen LogP contribution in [0.25, 0.3) is 11.0 Å². The molecular formula is C21H26N4O5. The quantitative estimate of drug-likeness (QED) is 0.348. The van der Waals surface area contributed by atoms with E-state index in [1.807, 2.05) is 6.07 Å². The van der Waals surface area contributed by atoms with Crippen molar-refractivity contribution in [3.63, 3.8) is 0 Å². The summed E-state index contributed by atoms with van der Waals surface area (Å²) in [4.78, 5) is 24.7. The first-order valence-electron chi connectivity index (χ1n) is 10.2. The Balaban J connectivity index is 1.52. The van der Waals surface area contributed by atoms with E-state index in [1.54, 1.807) is 13.0 Å². The van der Waals surface area contributed by atoms with Gasteiger partial charge in [0.1, 0.15) is 11.3 Å². The van der Waals surface area contributed by atoms with Gasteiger partial charge in [0.25, 0.3) is 0 Å². The van der Waals surface area contributed by atoms with Crippen LogP contribution in [-0.4, -0.2) is 39.4 Å². The summed E-state index contributed by atoms with van der Waals surface area (Å²) in [6, 6.07) is 5.02. The van der Waals surface area contributed by atoms with Crippen LogP contribution in [-0.2, 0) is 28.9 Å². The third-order valence-corrected chi connectivity index (χ3v) is 4.51. The Morgan fingerprint density at radius 2 is 2.03 bits per heavy atom. The van der Waals surface area contributed by atoms with Crippen molar-refractivity contribution >= 4 is 16.9 Å². The van der Waals surface area contributed by atoms with Crippen LogP contribution in [0.5, 0.6) is 5.75 Å². The molecule has 2 heterocycles. The van der Waals surface area contributed by atoms with E-state index < -0.39 is 0 Å². The summed E-state index contributed by atoms with van der Waals surface area (Å²) in [5, 5.41) is 12.6. The number of fused-ring (bicyclic) bond motifs is 1. The first kappa shape index (κ1) is 21.5. The molecule has 0 unspecified atom stereocenters. The maximum atomic E-state index is 12.0. The second-order valence-electron chi connectivity index (χ2n) is 6.80. The molecule has 3 aromatic rings. The van der Waals surface area contributed by atoms with Gasteiger partial charge in [-0.1, -0.05) is 13.3 Å². The molecule has 0 amide bonds. The number of carbonyl (C=O) groups excluding carboxylic acids is 1. The number of tetrazole rings is 1. The second kappa shape index (κ2) is 10.5. The van der Waals surface area contributed by atoms with Crippen LogP contribution in [0.4, 0.5) is 0 Å². The van der Waals surface area contributed by atoms with Crippen molar-refractivity contribution in [3.05, 3.63) is 46.1 Å². The van der Waals surface area contributed by atoms with Gasteiger partial charge < -0.3 is 13.9 Å². The standard InChI is InChI=1S/C21H26N4O5/c1-3-7-16-18(10-9-15-17(26)11-13-30-21(15)16)29-12-6-5-8-19-22-24-25(23-19)14-20(27)28-4-2/h9-11,13H,3-8,12,14H2,1-2H3. The molecule has 0 fully saturated rings. The molecule has 0 saturated heterocycles. The maximum Gasteiger partial charge on any atom is 0.329 e. The summed E-state index contributed by atoms with van der Waals surface area (Å²) in [6.07, 6.45) is 5.37. The molecule has 1 aromatic carbocycles. The average molecular weight is 414 g/mol. The average Bonchev–Trinajstić information content (AvgIpc) is 3.16. The number of hydrogen-bond acceptors (Lipinski definition) is 8. The zero-order valence-electron chi connectivity index (χ0n) is 17.3. The van der Waals surface area contributed by atoms with Crippen molar-refractivity contribution < 1.29 is 18.7 Å².